The molecule has 0 unspecified atom stereocenters. The fourth-order valence-electron chi connectivity index (χ4n) is 4.41. The largest absolute Gasteiger partial charge is 0.461 e. The third-order valence-corrected chi connectivity index (χ3v) is 6.73. The van der Waals surface area contributed by atoms with Crippen LogP contribution in [0.1, 0.15) is 101 Å². The molecule has 0 fully saturated rings. The first-order valence-electron chi connectivity index (χ1n) is 14.2. The number of aliphatic hydroxyl groups excluding tert-OH is 1. The topological polar surface area (TPSA) is 72.8 Å². The Hall–Kier alpha value is -2.66. The average molecular weight is 511 g/mol. The lowest BCUT2D eigenvalue weighted by Crippen LogP contribution is -2.06. The minimum atomic E-state index is -0.118. The molecule has 204 valence electrons. The highest BCUT2D eigenvalue weighted by Gasteiger charge is 2.08. The highest BCUT2D eigenvalue weighted by Crippen LogP contribution is 2.19. The predicted octanol–water partition coefficient (Wildman–Crippen LogP) is 7.54. The van der Waals surface area contributed by atoms with Crippen LogP contribution < -0.4 is 0 Å². The number of hydrogen-bond acceptors (Lipinski definition) is 5. The van der Waals surface area contributed by atoms with Crippen LogP contribution in [0.15, 0.2) is 60.7 Å². The summed E-state index contributed by atoms with van der Waals surface area (Å²) in [4.78, 5) is 23.7. The lowest BCUT2D eigenvalue weighted by atomic mass is 9.95. The number of rotatable bonds is 21. The molecule has 0 aromatic heterocycles. The fraction of sp³-hybridized carbons (Fsp3) is 0.562. The Morgan fingerprint density at radius 1 is 0.568 bits per heavy atom. The molecule has 0 heterocycles. The number of carbonyl (C=O) groups is 2. The van der Waals surface area contributed by atoms with Crippen molar-refractivity contribution in [2.45, 2.75) is 103 Å². The maximum Gasteiger partial charge on any atom is 0.306 e. The molecule has 0 amide bonds. The summed E-state index contributed by atoms with van der Waals surface area (Å²) in [6, 6.07) is 19.5. The van der Waals surface area contributed by atoms with E-state index in [1.165, 1.54) is 0 Å². The van der Waals surface area contributed by atoms with Gasteiger partial charge in [-0.3, -0.25) is 9.59 Å². The van der Waals surface area contributed by atoms with Crippen LogP contribution >= 0.6 is 0 Å². The predicted molar refractivity (Wildman–Crippen MR) is 148 cm³/mol. The van der Waals surface area contributed by atoms with Gasteiger partial charge in [-0.05, 0) is 42.7 Å². The van der Waals surface area contributed by atoms with Gasteiger partial charge >= 0.3 is 11.9 Å². The van der Waals surface area contributed by atoms with Gasteiger partial charge in [0.15, 0.2) is 0 Å². The SMILES string of the molecule is O=C(CCCCCCCC(CO)CCCCCCCC(=O)OCc1ccccc1)OCc1ccccc1. The molecule has 2 aromatic carbocycles. The molecule has 37 heavy (non-hydrogen) atoms. The quantitative estimate of drug-likeness (QED) is 0.139. The summed E-state index contributed by atoms with van der Waals surface area (Å²) in [5, 5.41) is 9.69. The molecule has 0 radical (unpaired) electrons. The van der Waals surface area contributed by atoms with Crippen LogP contribution in [0.5, 0.6) is 0 Å². The number of hydrogen-bond donors (Lipinski definition) is 1. The molecule has 5 heteroatoms. The van der Waals surface area contributed by atoms with Crippen molar-refractivity contribution in [3.05, 3.63) is 71.8 Å². The van der Waals surface area contributed by atoms with E-state index in [4.69, 9.17) is 9.47 Å². The Kier molecular flexibility index (Phi) is 16.9. The normalized spacial score (nSPS) is 11.0. The number of aliphatic hydroxyl groups is 1. The van der Waals surface area contributed by atoms with Gasteiger partial charge in [0, 0.05) is 19.4 Å². The van der Waals surface area contributed by atoms with E-state index in [0.29, 0.717) is 32.0 Å². The summed E-state index contributed by atoms with van der Waals surface area (Å²) < 4.78 is 10.6. The molecule has 5 nitrogen and oxygen atoms in total. The Bertz CT molecular complexity index is 767. The first-order chi connectivity index (χ1) is 18.2. The second-order valence-electron chi connectivity index (χ2n) is 9.95. The van der Waals surface area contributed by atoms with E-state index in [0.717, 1.165) is 88.2 Å². The van der Waals surface area contributed by atoms with Crippen molar-refractivity contribution in [3.8, 4) is 0 Å². The summed E-state index contributed by atoms with van der Waals surface area (Å²) in [7, 11) is 0. The van der Waals surface area contributed by atoms with Crippen LogP contribution in [0, 0.1) is 5.92 Å². The third kappa shape index (κ3) is 15.9. The molecule has 0 aliphatic carbocycles. The van der Waals surface area contributed by atoms with E-state index in [-0.39, 0.29) is 18.5 Å². The molecular weight excluding hydrogens is 464 g/mol. The van der Waals surface area contributed by atoms with Gasteiger partial charge in [-0.2, -0.15) is 0 Å². The van der Waals surface area contributed by atoms with Crippen LogP contribution in [0.3, 0.4) is 0 Å². The van der Waals surface area contributed by atoms with Gasteiger partial charge < -0.3 is 14.6 Å². The molecular formula is C32H46O5. The third-order valence-electron chi connectivity index (χ3n) is 6.73. The first kappa shape index (κ1) is 30.6. The van der Waals surface area contributed by atoms with Gasteiger partial charge in [-0.15, -0.1) is 0 Å². The van der Waals surface area contributed by atoms with Crippen molar-refractivity contribution in [1.82, 2.24) is 0 Å². The van der Waals surface area contributed by atoms with Gasteiger partial charge in [-0.1, -0.05) is 112 Å². The van der Waals surface area contributed by atoms with Crippen molar-refractivity contribution >= 4 is 11.9 Å². The maximum atomic E-state index is 11.9. The zero-order valence-electron chi connectivity index (χ0n) is 22.5. The van der Waals surface area contributed by atoms with E-state index in [2.05, 4.69) is 0 Å². The smallest absolute Gasteiger partial charge is 0.306 e. The fourth-order valence-corrected chi connectivity index (χ4v) is 4.41. The van der Waals surface area contributed by atoms with Crippen molar-refractivity contribution in [2.75, 3.05) is 6.61 Å². The minimum Gasteiger partial charge on any atom is -0.461 e. The molecule has 2 aromatic rings. The van der Waals surface area contributed by atoms with Gasteiger partial charge in [-0.25, -0.2) is 0 Å². The summed E-state index contributed by atoms with van der Waals surface area (Å²) in [5.74, 6) is 0.153. The highest BCUT2D eigenvalue weighted by atomic mass is 16.5. The molecule has 0 bridgehead atoms. The lowest BCUT2D eigenvalue weighted by Gasteiger charge is -2.13. The molecule has 1 N–H and O–H groups in total. The molecule has 0 aliphatic rings. The van der Waals surface area contributed by atoms with Gasteiger partial charge in [0.05, 0.1) is 0 Å². The molecule has 0 atom stereocenters. The minimum absolute atomic E-state index is 0.118. The Labute approximate surface area is 223 Å². The van der Waals surface area contributed by atoms with Crippen molar-refractivity contribution in [1.29, 1.82) is 0 Å². The number of esters is 2. The van der Waals surface area contributed by atoms with Crippen molar-refractivity contribution in [2.24, 2.45) is 5.92 Å². The van der Waals surface area contributed by atoms with Crippen LogP contribution in [0.25, 0.3) is 0 Å². The zero-order chi connectivity index (χ0) is 26.4. The molecule has 0 saturated carbocycles. The van der Waals surface area contributed by atoms with Crippen LogP contribution in [0.4, 0.5) is 0 Å². The summed E-state index contributed by atoms with van der Waals surface area (Å²) in [6.07, 6.45) is 13.8. The number of unbranched alkanes of at least 4 members (excludes halogenated alkanes) is 8. The molecule has 0 aliphatic heterocycles. The summed E-state index contributed by atoms with van der Waals surface area (Å²) in [5.41, 5.74) is 2.04. The average Bonchev–Trinajstić information content (AvgIpc) is 2.93. The molecule has 2 rings (SSSR count). The monoisotopic (exact) mass is 510 g/mol. The van der Waals surface area contributed by atoms with E-state index >= 15 is 0 Å². The Balaban J connectivity index is 1.36. The first-order valence-corrected chi connectivity index (χ1v) is 14.2. The second-order valence-corrected chi connectivity index (χ2v) is 9.95. The Morgan fingerprint density at radius 3 is 1.35 bits per heavy atom. The molecule has 0 spiro atoms. The van der Waals surface area contributed by atoms with Gasteiger partial charge in [0.2, 0.25) is 0 Å². The van der Waals surface area contributed by atoms with E-state index in [9.17, 15) is 14.7 Å². The maximum absolute atomic E-state index is 11.9. The molecule has 0 saturated heterocycles. The number of carbonyl (C=O) groups excluding carboxylic acids is 2. The van der Waals surface area contributed by atoms with E-state index < -0.39 is 0 Å². The van der Waals surface area contributed by atoms with Gasteiger partial charge in [0.25, 0.3) is 0 Å². The van der Waals surface area contributed by atoms with Crippen LogP contribution in [-0.4, -0.2) is 23.7 Å². The van der Waals surface area contributed by atoms with Crippen molar-refractivity contribution < 1.29 is 24.2 Å². The Morgan fingerprint density at radius 2 is 0.946 bits per heavy atom. The van der Waals surface area contributed by atoms with Gasteiger partial charge in [0.1, 0.15) is 13.2 Å². The van der Waals surface area contributed by atoms with Crippen LogP contribution in [0.2, 0.25) is 0 Å². The number of benzene rings is 2. The highest BCUT2D eigenvalue weighted by molar-refractivity contribution is 5.69. The van der Waals surface area contributed by atoms with E-state index in [1.807, 2.05) is 60.7 Å². The number of ether oxygens (including phenoxy) is 2. The zero-order valence-corrected chi connectivity index (χ0v) is 22.5. The summed E-state index contributed by atoms with van der Waals surface area (Å²) >= 11 is 0. The standard InChI is InChI=1S/C32H46O5/c33-25-28(17-9-3-1-5-15-23-31(34)36-26-29-19-11-7-12-20-29)18-10-4-2-6-16-24-32(35)37-27-30-21-13-8-14-22-30/h7-8,11-14,19-22,28,33H,1-6,9-10,15-18,23-27H2. The van der Waals surface area contributed by atoms with Crippen molar-refractivity contribution in [3.63, 3.8) is 0 Å². The summed E-state index contributed by atoms with van der Waals surface area (Å²) in [6.45, 7) is 0.971. The van der Waals surface area contributed by atoms with E-state index in [1.54, 1.807) is 0 Å². The van der Waals surface area contributed by atoms with Crippen LogP contribution in [-0.2, 0) is 32.3 Å². The second kappa shape index (κ2) is 20.4. The lowest BCUT2D eigenvalue weighted by molar-refractivity contribution is -0.146.